The van der Waals surface area contributed by atoms with Crippen LogP contribution in [0.5, 0.6) is 5.75 Å². The van der Waals surface area contributed by atoms with Crippen molar-refractivity contribution in [1.82, 2.24) is 4.90 Å². The van der Waals surface area contributed by atoms with Crippen LogP contribution >= 0.6 is 0 Å². The van der Waals surface area contributed by atoms with Crippen molar-refractivity contribution in [2.24, 2.45) is 0 Å². The molecule has 3 aromatic carbocycles. The Balaban J connectivity index is 1.47. The number of carbonyl (C=O) groups is 1. The monoisotopic (exact) mass is 440 g/mol. The largest absolute Gasteiger partial charge is 0.491 e. The first-order chi connectivity index (χ1) is 15.5. The number of carbonyl (C=O) groups excluding carboxylic acids is 1. The van der Waals surface area contributed by atoms with E-state index in [0.717, 1.165) is 23.3 Å². The average Bonchev–Trinajstić information content (AvgIpc) is 2.80. The number of hydrogen-bond acceptors (Lipinski definition) is 4. The number of nitrogens with one attached hydrogen (secondary N) is 1. The third kappa shape index (κ3) is 6.60. The van der Waals surface area contributed by atoms with Gasteiger partial charge < -0.3 is 15.2 Å². The van der Waals surface area contributed by atoms with E-state index >= 15 is 0 Å². The number of amides is 1. The standard InChI is InChI=1S/C25H26F2N2O3/c1-2-29(16-24(31)28-25-22(26)9-6-10-23(25)27)15-20(30)17-32-21-13-11-19(12-14-21)18-7-4-3-5-8-18/h3-14,20,30H,2,15-17H2,1H3,(H,28,31). The average molecular weight is 440 g/mol. The molecule has 168 valence electrons. The number of para-hydroxylation sites is 1. The molecule has 0 aromatic heterocycles. The van der Waals surface area contributed by atoms with Gasteiger partial charge in [-0.25, -0.2) is 8.78 Å². The lowest BCUT2D eigenvalue weighted by atomic mass is 10.1. The molecule has 0 radical (unpaired) electrons. The summed E-state index contributed by atoms with van der Waals surface area (Å²) >= 11 is 0. The lowest BCUT2D eigenvalue weighted by molar-refractivity contribution is -0.117. The number of anilines is 1. The van der Waals surface area contributed by atoms with E-state index in [2.05, 4.69) is 5.32 Å². The van der Waals surface area contributed by atoms with Crippen LogP contribution in [0.25, 0.3) is 11.1 Å². The van der Waals surface area contributed by atoms with Crippen molar-refractivity contribution in [3.8, 4) is 16.9 Å². The second-order valence-electron chi connectivity index (χ2n) is 7.33. The zero-order valence-electron chi connectivity index (χ0n) is 17.8. The Bertz CT molecular complexity index is 993. The number of likely N-dealkylation sites (N-methyl/N-ethyl adjacent to an activating group) is 1. The Kier molecular flexibility index (Phi) is 8.30. The van der Waals surface area contributed by atoms with Crippen LogP contribution in [0.1, 0.15) is 6.92 Å². The molecule has 0 saturated carbocycles. The predicted molar refractivity (Wildman–Crippen MR) is 120 cm³/mol. The number of hydrogen-bond donors (Lipinski definition) is 2. The highest BCUT2D eigenvalue weighted by Gasteiger charge is 2.17. The van der Waals surface area contributed by atoms with Gasteiger partial charge in [-0.1, -0.05) is 55.5 Å². The van der Waals surface area contributed by atoms with Crippen molar-refractivity contribution in [2.75, 3.05) is 31.6 Å². The van der Waals surface area contributed by atoms with E-state index in [-0.39, 0.29) is 19.7 Å². The molecule has 32 heavy (non-hydrogen) atoms. The first-order valence-corrected chi connectivity index (χ1v) is 10.4. The summed E-state index contributed by atoms with van der Waals surface area (Å²) in [5.74, 6) is -1.62. The highest BCUT2D eigenvalue weighted by atomic mass is 19.1. The minimum atomic E-state index is -0.846. The number of aliphatic hydroxyl groups excluding tert-OH is 1. The van der Waals surface area contributed by atoms with E-state index in [1.165, 1.54) is 6.07 Å². The molecule has 0 aliphatic carbocycles. The van der Waals surface area contributed by atoms with Gasteiger partial charge in [-0.05, 0) is 41.9 Å². The number of rotatable bonds is 10. The first kappa shape index (κ1) is 23.4. The molecule has 3 rings (SSSR count). The van der Waals surface area contributed by atoms with E-state index in [9.17, 15) is 18.7 Å². The number of aliphatic hydroxyl groups is 1. The smallest absolute Gasteiger partial charge is 0.238 e. The Labute approximate surface area is 186 Å². The summed E-state index contributed by atoms with van der Waals surface area (Å²) in [7, 11) is 0. The molecule has 7 heteroatoms. The van der Waals surface area contributed by atoms with Gasteiger partial charge >= 0.3 is 0 Å². The van der Waals surface area contributed by atoms with Gasteiger partial charge in [0.25, 0.3) is 0 Å². The molecule has 0 spiro atoms. The number of ether oxygens (including phenoxy) is 1. The summed E-state index contributed by atoms with van der Waals surface area (Å²) in [4.78, 5) is 13.9. The predicted octanol–water partition coefficient (Wildman–Crippen LogP) is 4.33. The zero-order valence-corrected chi connectivity index (χ0v) is 17.8. The fourth-order valence-corrected chi connectivity index (χ4v) is 3.22. The molecule has 0 saturated heterocycles. The van der Waals surface area contributed by atoms with E-state index < -0.39 is 29.3 Å². The third-order valence-corrected chi connectivity index (χ3v) is 4.91. The van der Waals surface area contributed by atoms with Crippen LogP contribution in [0.3, 0.4) is 0 Å². The van der Waals surface area contributed by atoms with Crippen LogP contribution in [-0.2, 0) is 4.79 Å². The maximum absolute atomic E-state index is 13.7. The van der Waals surface area contributed by atoms with Gasteiger partial charge in [0, 0.05) is 6.54 Å². The number of benzene rings is 3. The van der Waals surface area contributed by atoms with E-state index in [1.807, 2.05) is 61.5 Å². The number of nitrogens with zero attached hydrogens (tertiary/aromatic N) is 1. The molecule has 1 atom stereocenters. The highest BCUT2D eigenvalue weighted by Crippen LogP contribution is 2.22. The van der Waals surface area contributed by atoms with Gasteiger partial charge in [0.1, 0.15) is 35.8 Å². The molecular weight excluding hydrogens is 414 g/mol. The maximum atomic E-state index is 13.7. The minimum absolute atomic E-state index is 0.0464. The Morgan fingerprint density at radius 3 is 2.22 bits per heavy atom. The van der Waals surface area contributed by atoms with Crippen molar-refractivity contribution in [2.45, 2.75) is 13.0 Å². The topological polar surface area (TPSA) is 61.8 Å². The van der Waals surface area contributed by atoms with Crippen LogP contribution < -0.4 is 10.1 Å². The van der Waals surface area contributed by atoms with E-state index in [4.69, 9.17) is 4.74 Å². The summed E-state index contributed by atoms with van der Waals surface area (Å²) in [6, 6.07) is 20.9. The van der Waals surface area contributed by atoms with Crippen molar-refractivity contribution >= 4 is 11.6 Å². The molecule has 0 fully saturated rings. The highest BCUT2D eigenvalue weighted by molar-refractivity contribution is 5.92. The Hall–Kier alpha value is -3.29. The lowest BCUT2D eigenvalue weighted by Gasteiger charge is -2.23. The summed E-state index contributed by atoms with van der Waals surface area (Å²) < 4.78 is 33.1. The van der Waals surface area contributed by atoms with Gasteiger partial charge in [0.2, 0.25) is 5.91 Å². The molecule has 2 N–H and O–H groups in total. The Morgan fingerprint density at radius 1 is 0.969 bits per heavy atom. The number of halogens is 2. The summed E-state index contributed by atoms with van der Waals surface area (Å²) in [6.07, 6.45) is -0.846. The van der Waals surface area contributed by atoms with Crippen molar-refractivity contribution in [3.63, 3.8) is 0 Å². The van der Waals surface area contributed by atoms with Crippen LogP contribution in [0, 0.1) is 11.6 Å². The van der Waals surface area contributed by atoms with Crippen LogP contribution in [0.15, 0.2) is 72.8 Å². The van der Waals surface area contributed by atoms with Gasteiger partial charge in [-0.2, -0.15) is 0 Å². The maximum Gasteiger partial charge on any atom is 0.238 e. The second-order valence-corrected chi connectivity index (χ2v) is 7.33. The molecule has 0 heterocycles. The van der Waals surface area contributed by atoms with Crippen molar-refractivity contribution in [3.05, 3.63) is 84.4 Å². The summed E-state index contributed by atoms with van der Waals surface area (Å²) in [5.41, 5.74) is 1.69. The van der Waals surface area contributed by atoms with E-state index in [1.54, 1.807) is 4.90 Å². The third-order valence-electron chi connectivity index (χ3n) is 4.91. The van der Waals surface area contributed by atoms with Gasteiger partial charge in [0.15, 0.2) is 0 Å². The summed E-state index contributed by atoms with van der Waals surface area (Å²) in [6.45, 7) is 2.40. The molecule has 1 unspecified atom stereocenters. The quantitative estimate of drug-likeness (QED) is 0.493. The van der Waals surface area contributed by atoms with Gasteiger partial charge in [0.05, 0.1) is 6.54 Å². The fourth-order valence-electron chi connectivity index (χ4n) is 3.22. The normalized spacial score (nSPS) is 11.9. The van der Waals surface area contributed by atoms with Crippen LogP contribution in [0.4, 0.5) is 14.5 Å². The second kappa shape index (κ2) is 11.4. The first-order valence-electron chi connectivity index (χ1n) is 10.4. The van der Waals surface area contributed by atoms with Crippen LogP contribution in [0.2, 0.25) is 0 Å². The van der Waals surface area contributed by atoms with Crippen LogP contribution in [-0.4, -0.2) is 48.3 Å². The molecule has 1 amide bonds. The van der Waals surface area contributed by atoms with Gasteiger partial charge in [-0.3, -0.25) is 9.69 Å². The minimum Gasteiger partial charge on any atom is -0.491 e. The van der Waals surface area contributed by atoms with Gasteiger partial charge in [-0.15, -0.1) is 0 Å². The van der Waals surface area contributed by atoms with Crippen molar-refractivity contribution in [1.29, 1.82) is 0 Å². The Morgan fingerprint density at radius 2 is 1.59 bits per heavy atom. The summed E-state index contributed by atoms with van der Waals surface area (Å²) in [5, 5.41) is 12.6. The molecular formula is C25H26F2N2O3. The van der Waals surface area contributed by atoms with Crippen molar-refractivity contribution < 1.29 is 23.4 Å². The molecule has 0 aliphatic heterocycles. The fraction of sp³-hybridized carbons (Fsp3) is 0.240. The molecule has 5 nitrogen and oxygen atoms in total. The molecule has 3 aromatic rings. The molecule has 0 bridgehead atoms. The lowest BCUT2D eigenvalue weighted by Crippen LogP contribution is -2.40. The zero-order chi connectivity index (χ0) is 22.9. The van der Waals surface area contributed by atoms with E-state index in [0.29, 0.717) is 12.3 Å². The molecule has 0 aliphatic rings. The SMILES string of the molecule is CCN(CC(=O)Nc1c(F)cccc1F)CC(O)COc1ccc(-c2ccccc2)cc1.